The number of nitrogens with zero attached hydrogens (tertiary/aromatic N) is 1. The molecule has 4 heteroatoms. The molecule has 0 aliphatic heterocycles. The van der Waals surface area contributed by atoms with Gasteiger partial charge in [-0.05, 0) is 45.2 Å². The van der Waals surface area contributed by atoms with Crippen LogP contribution in [0, 0.1) is 0 Å². The van der Waals surface area contributed by atoms with Gasteiger partial charge in [-0.3, -0.25) is 4.79 Å². The molecule has 1 aromatic carbocycles. The highest BCUT2D eigenvalue weighted by Gasteiger charge is 2.06. The van der Waals surface area contributed by atoms with Crippen molar-refractivity contribution in [2.24, 2.45) is 0 Å². The van der Waals surface area contributed by atoms with E-state index in [1.54, 1.807) is 12.1 Å². The van der Waals surface area contributed by atoms with Gasteiger partial charge in [0.1, 0.15) is 0 Å². The Balaban J connectivity index is 2.37. The molecule has 0 saturated carbocycles. The zero-order valence-corrected chi connectivity index (χ0v) is 11.5. The average molecular weight is 252 g/mol. The molecule has 0 heterocycles. The minimum atomic E-state index is -0.0320. The third-order valence-electron chi connectivity index (χ3n) is 2.76. The molecular formula is C13H20N2OS. The van der Waals surface area contributed by atoms with Gasteiger partial charge in [0.25, 0.3) is 5.91 Å². The number of hydrogen-bond donors (Lipinski definition) is 2. The standard InChI is InChI=1S/C13H20N2OS/c1-10(2)15(3)9-8-14-13(16)11-4-6-12(17)7-5-11/h4-7,10,17H,8-9H2,1-3H3,(H,14,16). The van der Waals surface area contributed by atoms with Gasteiger partial charge in [-0.15, -0.1) is 12.6 Å². The number of amides is 1. The molecule has 0 spiro atoms. The fraction of sp³-hybridized carbons (Fsp3) is 0.462. The Hall–Kier alpha value is -1.00. The van der Waals surface area contributed by atoms with Gasteiger partial charge in [0.2, 0.25) is 0 Å². The van der Waals surface area contributed by atoms with Crippen molar-refractivity contribution >= 4 is 18.5 Å². The first-order valence-electron chi connectivity index (χ1n) is 5.78. The van der Waals surface area contributed by atoms with Gasteiger partial charge in [-0.25, -0.2) is 0 Å². The van der Waals surface area contributed by atoms with Crippen LogP contribution in [0.2, 0.25) is 0 Å². The highest BCUT2D eigenvalue weighted by Crippen LogP contribution is 2.07. The van der Waals surface area contributed by atoms with E-state index in [1.807, 2.05) is 19.2 Å². The number of thiol groups is 1. The number of carbonyl (C=O) groups excluding carboxylic acids is 1. The van der Waals surface area contributed by atoms with Gasteiger partial charge in [-0.2, -0.15) is 0 Å². The molecule has 0 aromatic heterocycles. The molecule has 0 atom stereocenters. The van der Waals surface area contributed by atoms with Gasteiger partial charge in [0.05, 0.1) is 0 Å². The van der Waals surface area contributed by atoms with Crippen LogP contribution < -0.4 is 5.32 Å². The third-order valence-corrected chi connectivity index (χ3v) is 3.06. The molecule has 1 aromatic rings. The molecule has 0 saturated heterocycles. The normalized spacial score (nSPS) is 10.9. The van der Waals surface area contributed by atoms with E-state index in [1.165, 1.54) is 0 Å². The number of carbonyl (C=O) groups is 1. The molecule has 1 amide bonds. The minimum Gasteiger partial charge on any atom is -0.351 e. The monoisotopic (exact) mass is 252 g/mol. The van der Waals surface area contributed by atoms with E-state index in [2.05, 4.69) is 36.7 Å². The molecule has 0 aliphatic carbocycles. The van der Waals surface area contributed by atoms with Crippen LogP contribution >= 0.6 is 12.6 Å². The van der Waals surface area contributed by atoms with Gasteiger partial charge < -0.3 is 10.2 Å². The summed E-state index contributed by atoms with van der Waals surface area (Å²) in [5.41, 5.74) is 0.676. The SMILES string of the molecule is CC(C)N(C)CCNC(=O)c1ccc(S)cc1. The second-order valence-electron chi connectivity index (χ2n) is 4.38. The zero-order chi connectivity index (χ0) is 12.8. The van der Waals surface area contributed by atoms with E-state index in [0.29, 0.717) is 18.2 Å². The number of rotatable bonds is 5. The Morgan fingerprint density at radius 1 is 1.35 bits per heavy atom. The van der Waals surface area contributed by atoms with Crippen LogP contribution in [-0.2, 0) is 0 Å². The van der Waals surface area contributed by atoms with Crippen molar-refractivity contribution in [2.75, 3.05) is 20.1 Å². The lowest BCUT2D eigenvalue weighted by Gasteiger charge is -2.20. The maximum atomic E-state index is 11.8. The van der Waals surface area contributed by atoms with Crippen molar-refractivity contribution < 1.29 is 4.79 Å². The molecule has 0 fully saturated rings. The molecule has 0 unspecified atom stereocenters. The molecule has 1 rings (SSSR count). The first kappa shape index (κ1) is 14.1. The van der Waals surface area contributed by atoms with E-state index in [9.17, 15) is 4.79 Å². The van der Waals surface area contributed by atoms with Gasteiger partial charge in [-0.1, -0.05) is 0 Å². The van der Waals surface area contributed by atoms with Crippen molar-refractivity contribution in [3.63, 3.8) is 0 Å². The first-order valence-corrected chi connectivity index (χ1v) is 6.23. The summed E-state index contributed by atoms with van der Waals surface area (Å²) >= 11 is 4.18. The van der Waals surface area contributed by atoms with Crippen molar-refractivity contribution in [1.82, 2.24) is 10.2 Å². The predicted octanol–water partition coefficient (Wildman–Crippen LogP) is 2.05. The fourth-order valence-corrected chi connectivity index (χ4v) is 1.47. The van der Waals surface area contributed by atoms with E-state index >= 15 is 0 Å². The number of nitrogens with one attached hydrogen (secondary N) is 1. The van der Waals surface area contributed by atoms with Crippen LogP contribution in [0.3, 0.4) is 0 Å². The Labute approximate surface area is 109 Å². The predicted molar refractivity (Wildman–Crippen MR) is 73.8 cm³/mol. The topological polar surface area (TPSA) is 32.3 Å². The van der Waals surface area contributed by atoms with Gasteiger partial charge in [0.15, 0.2) is 0 Å². The van der Waals surface area contributed by atoms with E-state index < -0.39 is 0 Å². The number of likely N-dealkylation sites (N-methyl/N-ethyl adjacent to an activating group) is 1. The van der Waals surface area contributed by atoms with Crippen LogP contribution in [-0.4, -0.2) is 37.0 Å². The van der Waals surface area contributed by atoms with Gasteiger partial charge in [0, 0.05) is 29.6 Å². The van der Waals surface area contributed by atoms with Crippen LogP contribution in [0.1, 0.15) is 24.2 Å². The summed E-state index contributed by atoms with van der Waals surface area (Å²) < 4.78 is 0. The van der Waals surface area contributed by atoms with Crippen LogP contribution in [0.5, 0.6) is 0 Å². The lowest BCUT2D eigenvalue weighted by Crippen LogP contribution is -2.36. The van der Waals surface area contributed by atoms with E-state index in [4.69, 9.17) is 0 Å². The second kappa shape index (κ2) is 6.67. The lowest BCUT2D eigenvalue weighted by atomic mass is 10.2. The van der Waals surface area contributed by atoms with Crippen LogP contribution in [0.15, 0.2) is 29.2 Å². The highest BCUT2D eigenvalue weighted by atomic mass is 32.1. The summed E-state index contributed by atoms with van der Waals surface area (Å²) in [6, 6.07) is 7.69. The Morgan fingerprint density at radius 3 is 2.47 bits per heavy atom. The summed E-state index contributed by atoms with van der Waals surface area (Å²) in [6.07, 6.45) is 0. The van der Waals surface area contributed by atoms with Crippen molar-refractivity contribution in [3.05, 3.63) is 29.8 Å². The third kappa shape index (κ3) is 4.79. The molecule has 17 heavy (non-hydrogen) atoms. The summed E-state index contributed by atoms with van der Waals surface area (Å²) in [5.74, 6) is -0.0320. The summed E-state index contributed by atoms with van der Waals surface area (Å²) in [4.78, 5) is 14.8. The Kier molecular flexibility index (Phi) is 5.51. The van der Waals surface area contributed by atoms with E-state index in [0.717, 1.165) is 11.4 Å². The van der Waals surface area contributed by atoms with Crippen molar-refractivity contribution in [1.29, 1.82) is 0 Å². The average Bonchev–Trinajstić information content (AvgIpc) is 2.29. The smallest absolute Gasteiger partial charge is 0.251 e. The molecule has 1 N–H and O–H groups in total. The minimum absolute atomic E-state index is 0.0320. The maximum Gasteiger partial charge on any atom is 0.251 e. The zero-order valence-electron chi connectivity index (χ0n) is 10.6. The van der Waals surface area contributed by atoms with Gasteiger partial charge >= 0.3 is 0 Å². The summed E-state index contributed by atoms with van der Waals surface area (Å²) in [5, 5.41) is 2.90. The molecule has 0 radical (unpaired) electrons. The van der Waals surface area contributed by atoms with Crippen LogP contribution in [0.25, 0.3) is 0 Å². The molecule has 0 bridgehead atoms. The Morgan fingerprint density at radius 2 is 1.94 bits per heavy atom. The van der Waals surface area contributed by atoms with Crippen molar-refractivity contribution in [3.8, 4) is 0 Å². The highest BCUT2D eigenvalue weighted by molar-refractivity contribution is 7.80. The molecule has 3 nitrogen and oxygen atoms in total. The Bertz CT molecular complexity index is 362. The largest absolute Gasteiger partial charge is 0.351 e. The maximum absolute atomic E-state index is 11.8. The first-order chi connectivity index (χ1) is 8.00. The quantitative estimate of drug-likeness (QED) is 0.786. The second-order valence-corrected chi connectivity index (χ2v) is 4.89. The molecular weight excluding hydrogens is 232 g/mol. The summed E-state index contributed by atoms with van der Waals surface area (Å²) in [6.45, 7) is 5.78. The van der Waals surface area contributed by atoms with Crippen LogP contribution in [0.4, 0.5) is 0 Å². The molecule has 94 valence electrons. The lowest BCUT2D eigenvalue weighted by molar-refractivity contribution is 0.0948. The van der Waals surface area contributed by atoms with E-state index in [-0.39, 0.29) is 5.91 Å². The summed E-state index contributed by atoms with van der Waals surface area (Å²) in [7, 11) is 2.05. The number of hydrogen-bond acceptors (Lipinski definition) is 3. The van der Waals surface area contributed by atoms with Crippen molar-refractivity contribution in [2.45, 2.75) is 24.8 Å². The number of benzene rings is 1. The molecule has 0 aliphatic rings. The fourth-order valence-electron chi connectivity index (χ4n) is 1.32.